The molecule has 1 saturated carbocycles. The van der Waals surface area contributed by atoms with Crippen molar-refractivity contribution in [3.05, 3.63) is 46.9 Å². The fourth-order valence-electron chi connectivity index (χ4n) is 3.51. The van der Waals surface area contributed by atoms with Crippen molar-refractivity contribution in [1.29, 1.82) is 0 Å². The first-order chi connectivity index (χ1) is 15.5. The summed E-state index contributed by atoms with van der Waals surface area (Å²) in [5, 5.41) is 8.07. The first-order valence-electron chi connectivity index (χ1n) is 9.99. The highest BCUT2D eigenvalue weighted by Crippen LogP contribution is 2.39. The molecule has 1 aliphatic rings. The van der Waals surface area contributed by atoms with Gasteiger partial charge < -0.3 is 9.64 Å². The molecule has 4 rings (SSSR count). The van der Waals surface area contributed by atoms with E-state index in [1.807, 2.05) is 0 Å². The Morgan fingerprint density at radius 2 is 2.00 bits per heavy atom. The van der Waals surface area contributed by atoms with Crippen molar-refractivity contribution in [2.24, 2.45) is 7.05 Å². The number of hydrogen-bond acceptors (Lipinski definition) is 4. The van der Waals surface area contributed by atoms with E-state index in [0.29, 0.717) is 23.6 Å². The summed E-state index contributed by atoms with van der Waals surface area (Å²) in [5.74, 6) is -4.70. The normalized spacial score (nSPS) is 14.1. The van der Waals surface area contributed by atoms with Gasteiger partial charge in [0.1, 0.15) is 0 Å². The van der Waals surface area contributed by atoms with Crippen molar-refractivity contribution in [2.45, 2.75) is 38.3 Å². The molecular weight excluding hydrogens is 466 g/mol. The zero-order valence-electron chi connectivity index (χ0n) is 17.9. The summed E-state index contributed by atoms with van der Waals surface area (Å²) in [6.07, 6.45) is 4.73. The average molecular weight is 486 g/mol. The second kappa shape index (κ2) is 8.36. The number of carbonyl (C=O) groups excluding carboxylic acids is 1. The Bertz CT molecular complexity index is 1200. The SMILES string of the molecule is CN(C(=O)c1cc(-c2cnn(-c3c(OC(F)F)c(C(C)(F)F)nn3C)c2)ccc1Cl)C1CC1. The number of ether oxygens (including phenoxy) is 1. The Labute approximate surface area is 191 Å². The molecule has 0 atom stereocenters. The van der Waals surface area contributed by atoms with Crippen LogP contribution in [0.15, 0.2) is 30.6 Å². The van der Waals surface area contributed by atoms with E-state index in [9.17, 15) is 22.4 Å². The summed E-state index contributed by atoms with van der Waals surface area (Å²) in [6.45, 7) is -2.80. The van der Waals surface area contributed by atoms with E-state index in [-0.39, 0.29) is 22.8 Å². The van der Waals surface area contributed by atoms with Crippen molar-refractivity contribution in [2.75, 3.05) is 7.05 Å². The van der Waals surface area contributed by atoms with Crippen LogP contribution < -0.4 is 4.74 Å². The molecule has 7 nitrogen and oxygen atoms in total. The van der Waals surface area contributed by atoms with Gasteiger partial charge in [-0.05, 0) is 30.5 Å². The summed E-state index contributed by atoms with van der Waals surface area (Å²) >= 11 is 6.25. The molecule has 0 aliphatic heterocycles. The lowest BCUT2D eigenvalue weighted by Crippen LogP contribution is -2.28. The molecule has 1 fully saturated rings. The monoisotopic (exact) mass is 485 g/mol. The van der Waals surface area contributed by atoms with Gasteiger partial charge in [0.05, 0.1) is 16.8 Å². The van der Waals surface area contributed by atoms with Gasteiger partial charge in [0.25, 0.3) is 11.8 Å². The van der Waals surface area contributed by atoms with Crippen LogP contribution in [-0.4, -0.2) is 50.1 Å². The maximum absolute atomic E-state index is 14.0. The van der Waals surface area contributed by atoms with Crippen LogP contribution in [0.25, 0.3) is 16.9 Å². The number of amides is 1. The van der Waals surface area contributed by atoms with E-state index in [0.717, 1.165) is 22.2 Å². The highest BCUT2D eigenvalue weighted by molar-refractivity contribution is 6.34. The van der Waals surface area contributed by atoms with Crippen LogP contribution in [0, 0.1) is 0 Å². The lowest BCUT2D eigenvalue weighted by atomic mass is 10.1. The number of nitrogens with zero attached hydrogens (tertiary/aromatic N) is 5. The van der Waals surface area contributed by atoms with Crippen LogP contribution in [0.4, 0.5) is 17.6 Å². The van der Waals surface area contributed by atoms with E-state index >= 15 is 0 Å². The largest absolute Gasteiger partial charge is 0.428 e. The third-order valence-corrected chi connectivity index (χ3v) is 5.67. The summed E-state index contributed by atoms with van der Waals surface area (Å²) in [4.78, 5) is 14.4. The Kier molecular flexibility index (Phi) is 5.85. The third-order valence-electron chi connectivity index (χ3n) is 5.34. The molecule has 2 heterocycles. The second-order valence-electron chi connectivity index (χ2n) is 7.91. The zero-order chi connectivity index (χ0) is 24.1. The van der Waals surface area contributed by atoms with Crippen LogP contribution in [0.2, 0.25) is 5.02 Å². The molecule has 0 spiro atoms. The van der Waals surface area contributed by atoms with Crippen LogP contribution in [0.1, 0.15) is 35.8 Å². The molecule has 1 aromatic carbocycles. The minimum Gasteiger partial charge on any atom is -0.428 e. The number of halogens is 5. The first-order valence-corrected chi connectivity index (χ1v) is 10.4. The molecular formula is C21H20ClF4N5O2. The first kappa shape index (κ1) is 23.1. The van der Waals surface area contributed by atoms with Gasteiger partial charge in [-0.2, -0.15) is 27.8 Å². The molecule has 1 amide bonds. The van der Waals surface area contributed by atoms with Crippen molar-refractivity contribution in [3.63, 3.8) is 0 Å². The summed E-state index contributed by atoms with van der Waals surface area (Å²) in [6, 6.07) is 5.05. The van der Waals surface area contributed by atoms with Gasteiger partial charge in [0.2, 0.25) is 0 Å². The van der Waals surface area contributed by atoms with Crippen molar-refractivity contribution >= 4 is 17.5 Å². The van der Waals surface area contributed by atoms with Crippen LogP contribution >= 0.6 is 11.6 Å². The lowest BCUT2D eigenvalue weighted by molar-refractivity contribution is -0.0565. The molecule has 176 valence electrons. The summed E-state index contributed by atoms with van der Waals surface area (Å²) < 4.78 is 60.3. The van der Waals surface area contributed by atoms with Gasteiger partial charge in [0.15, 0.2) is 17.3 Å². The summed E-state index contributed by atoms with van der Waals surface area (Å²) in [5.41, 5.74) is 0.466. The van der Waals surface area contributed by atoms with E-state index in [4.69, 9.17) is 11.6 Å². The number of alkyl halides is 4. The number of benzene rings is 1. The molecule has 0 bridgehead atoms. The molecule has 2 aromatic heterocycles. The van der Waals surface area contributed by atoms with Gasteiger partial charge in [-0.25, -0.2) is 9.36 Å². The van der Waals surface area contributed by atoms with Crippen LogP contribution in [-0.2, 0) is 13.0 Å². The minimum atomic E-state index is -3.52. The highest BCUT2D eigenvalue weighted by atomic mass is 35.5. The Balaban J connectivity index is 1.73. The topological polar surface area (TPSA) is 65.2 Å². The Morgan fingerprint density at radius 1 is 1.30 bits per heavy atom. The number of aryl methyl sites for hydroxylation is 1. The highest BCUT2D eigenvalue weighted by Gasteiger charge is 2.37. The molecule has 12 heteroatoms. The van der Waals surface area contributed by atoms with E-state index in [1.54, 1.807) is 30.1 Å². The fraction of sp³-hybridized carbons (Fsp3) is 0.381. The Hall–Kier alpha value is -3.08. The summed E-state index contributed by atoms with van der Waals surface area (Å²) in [7, 11) is 3.03. The molecule has 3 aromatic rings. The maximum atomic E-state index is 14.0. The van der Waals surface area contributed by atoms with Gasteiger partial charge >= 0.3 is 6.61 Å². The van der Waals surface area contributed by atoms with Crippen LogP contribution in [0.5, 0.6) is 5.75 Å². The quantitative estimate of drug-likeness (QED) is 0.448. The standard InChI is InChI=1S/C21H20ClF4N5O2/c1-21(25,26)17-16(33-20(23)24)18(30(3)28-17)31-10-12(9-27-31)11-4-7-15(22)14(8-11)19(32)29(2)13-5-6-13/h4,7-10,13,20H,5-6H2,1-3H3. The van der Waals surface area contributed by atoms with Gasteiger partial charge in [-0.1, -0.05) is 17.7 Å². The van der Waals surface area contributed by atoms with E-state index in [2.05, 4.69) is 14.9 Å². The fourth-order valence-corrected chi connectivity index (χ4v) is 3.71. The second-order valence-corrected chi connectivity index (χ2v) is 8.31. The molecule has 0 saturated heterocycles. The zero-order valence-corrected chi connectivity index (χ0v) is 18.7. The smallest absolute Gasteiger partial charge is 0.387 e. The van der Waals surface area contributed by atoms with E-state index < -0.39 is 24.0 Å². The maximum Gasteiger partial charge on any atom is 0.387 e. The molecule has 0 unspecified atom stereocenters. The molecule has 33 heavy (non-hydrogen) atoms. The molecule has 0 N–H and O–H groups in total. The number of aromatic nitrogens is 4. The number of hydrogen-bond donors (Lipinski definition) is 0. The van der Waals surface area contributed by atoms with Gasteiger partial charge in [-0.15, -0.1) is 0 Å². The number of carbonyl (C=O) groups is 1. The van der Waals surface area contributed by atoms with E-state index in [1.165, 1.54) is 19.4 Å². The predicted octanol–water partition coefficient (Wildman–Crippen LogP) is 4.87. The lowest BCUT2D eigenvalue weighted by Gasteiger charge is -2.17. The van der Waals surface area contributed by atoms with Crippen molar-refractivity contribution in [1.82, 2.24) is 24.5 Å². The number of rotatable bonds is 7. The van der Waals surface area contributed by atoms with Gasteiger partial charge in [0, 0.05) is 38.8 Å². The third kappa shape index (κ3) is 4.54. The molecule has 1 aliphatic carbocycles. The van der Waals surface area contributed by atoms with Gasteiger partial charge in [-0.3, -0.25) is 4.79 Å². The van der Waals surface area contributed by atoms with Crippen molar-refractivity contribution in [3.8, 4) is 22.7 Å². The minimum absolute atomic E-state index is 0.197. The Morgan fingerprint density at radius 3 is 2.61 bits per heavy atom. The average Bonchev–Trinajstić information content (AvgIpc) is 3.38. The predicted molar refractivity (Wildman–Crippen MR) is 112 cm³/mol. The molecule has 0 radical (unpaired) electrons. The van der Waals surface area contributed by atoms with Crippen LogP contribution in [0.3, 0.4) is 0 Å². The van der Waals surface area contributed by atoms with Crippen molar-refractivity contribution < 1.29 is 27.1 Å².